The Hall–Kier alpha value is -1.72. The number of aliphatic hydroxyl groups excluding tert-OH is 1. The third-order valence-corrected chi connectivity index (χ3v) is 5.00. The van der Waals surface area contributed by atoms with Crippen LogP contribution in [0.5, 0.6) is 0 Å². The second kappa shape index (κ2) is 10.3. The van der Waals surface area contributed by atoms with Crippen LogP contribution >= 0.6 is 15.9 Å². The summed E-state index contributed by atoms with van der Waals surface area (Å²) in [7, 11) is 2.10. The zero-order valence-corrected chi connectivity index (χ0v) is 16.5. The van der Waals surface area contributed by atoms with E-state index in [9.17, 15) is 0 Å². The van der Waals surface area contributed by atoms with E-state index < -0.39 is 0 Å². The Morgan fingerprint density at radius 1 is 0.920 bits per heavy atom. The molecule has 0 radical (unpaired) electrons. The van der Waals surface area contributed by atoms with Crippen LogP contribution < -0.4 is 4.90 Å². The maximum absolute atomic E-state index is 8.79. The largest absolute Gasteiger partial charge is 0.396 e. The van der Waals surface area contributed by atoms with Gasteiger partial charge in [-0.1, -0.05) is 28.8 Å². The minimum atomic E-state index is 0.297. The van der Waals surface area contributed by atoms with Gasteiger partial charge in [0, 0.05) is 30.4 Å². The number of hydrogen-bond acceptors (Lipinski definition) is 4. The molecule has 0 atom stereocenters. The van der Waals surface area contributed by atoms with Crippen LogP contribution in [0, 0.1) is 6.92 Å². The number of aryl methyl sites for hydroxylation is 1. The molecule has 0 aliphatic rings. The summed E-state index contributed by atoms with van der Waals surface area (Å²) in [6.45, 7) is 3.35. The van der Waals surface area contributed by atoms with Crippen LogP contribution in [-0.4, -0.2) is 25.3 Å². The van der Waals surface area contributed by atoms with Crippen molar-refractivity contribution < 1.29 is 5.11 Å². The molecule has 2 aromatic rings. The number of benzene rings is 2. The van der Waals surface area contributed by atoms with E-state index in [1.807, 2.05) is 37.3 Å². The fourth-order valence-corrected chi connectivity index (χ4v) is 2.77. The van der Waals surface area contributed by atoms with E-state index in [4.69, 9.17) is 5.11 Å². The van der Waals surface area contributed by atoms with Crippen molar-refractivity contribution in [1.29, 1.82) is 0 Å². The maximum Gasteiger partial charge on any atom is 0.0860 e. The zero-order chi connectivity index (χ0) is 18.1. The van der Waals surface area contributed by atoms with E-state index in [2.05, 4.69) is 50.2 Å². The lowest BCUT2D eigenvalue weighted by Crippen LogP contribution is -2.18. The van der Waals surface area contributed by atoms with Gasteiger partial charge in [-0.2, -0.15) is 10.2 Å². The average molecular weight is 404 g/mol. The van der Waals surface area contributed by atoms with E-state index in [0.29, 0.717) is 6.61 Å². The molecule has 1 N–H and O–H groups in total. The van der Waals surface area contributed by atoms with Gasteiger partial charge in [-0.05, 0) is 67.8 Å². The molecular weight excluding hydrogens is 378 g/mol. The number of rotatable bonds is 9. The van der Waals surface area contributed by atoms with Gasteiger partial charge >= 0.3 is 0 Å². The third kappa shape index (κ3) is 6.59. The normalized spacial score (nSPS) is 11.2. The Balaban J connectivity index is 1.88. The first-order chi connectivity index (χ1) is 12.1. The number of azo groups is 1. The third-order valence-electron chi connectivity index (χ3n) is 4.11. The van der Waals surface area contributed by atoms with Gasteiger partial charge in [0.05, 0.1) is 11.4 Å². The summed E-state index contributed by atoms with van der Waals surface area (Å²) in [5, 5.41) is 17.4. The lowest BCUT2D eigenvalue weighted by Gasteiger charge is -2.19. The molecule has 0 fully saturated rings. The fraction of sp³-hybridized carbons (Fsp3) is 0.400. The molecule has 25 heavy (non-hydrogen) atoms. The van der Waals surface area contributed by atoms with E-state index in [1.165, 1.54) is 5.69 Å². The molecule has 0 unspecified atom stereocenters. The number of halogens is 1. The monoisotopic (exact) mass is 403 g/mol. The van der Waals surface area contributed by atoms with Gasteiger partial charge in [-0.3, -0.25) is 0 Å². The highest BCUT2D eigenvalue weighted by atomic mass is 79.9. The summed E-state index contributed by atoms with van der Waals surface area (Å²) < 4.78 is 1.08. The lowest BCUT2D eigenvalue weighted by molar-refractivity contribution is 0.282. The van der Waals surface area contributed by atoms with Crippen LogP contribution in [0.4, 0.5) is 17.1 Å². The molecule has 4 nitrogen and oxygen atoms in total. The van der Waals surface area contributed by atoms with Crippen LogP contribution in [0.25, 0.3) is 0 Å². The fourth-order valence-electron chi connectivity index (χ4n) is 2.52. The summed E-state index contributed by atoms with van der Waals surface area (Å²) in [5.74, 6) is 0. The average Bonchev–Trinajstić information content (AvgIpc) is 2.63. The molecule has 0 aliphatic carbocycles. The van der Waals surface area contributed by atoms with Gasteiger partial charge in [0.1, 0.15) is 0 Å². The molecule has 0 bridgehead atoms. The quantitative estimate of drug-likeness (QED) is 0.402. The van der Waals surface area contributed by atoms with Crippen molar-refractivity contribution in [3.8, 4) is 0 Å². The molecule has 0 aromatic heterocycles. The molecule has 0 heterocycles. The minimum Gasteiger partial charge on any atom is -0.396 e. The van der Waals surface area contributed by atoms with Crippen molar-refractivity contribution in [2.24, 2.45) is 10.2 Å². The Kier molecular flexibility index (Phi) is 8.09. The van der Waals surface area contributed by atoms with Crippen LogP contribution in [0.3, 0.4) is 0 Å². The van der Waals surface area contributed by atoms with Crippen LogP contribution in [-0.2, 0) is 0 Å². The molecule has 2 aromatic carbocycles. The van der Waals surface area contributed by atoms with Gasteiger partial charge in [0.2, 0.25) is 0 Å². The number of hydrogen-bond donors (Lipinski definition) is 1. The first-order valence-corrected chi connectivity index (χ1v) is 9.49. The summed E-state index contributed by atoms with van der Waals surface area (Å²) >= 11 is 3.49. The molecule has 0 saturated carbocycles. The van der Waals surface area contributed by atoms with E-state index in [-0.39, 0.29) is 0 Å². The van der Waals surface area contributed by atoms with Crippen LogP contribution in [0.15, 0.2) is 57.2 Å². The van der Waals surface area contributed by atoms with Crippen molar-refractivity contribution in [2.75, 3.05) is 25.1 Å². The topological polar surface area (TPSA) is 48.2 Å². The number of aliphatic hydroxyl groups is 1. The lowest BCUT2D eigenvalue weighted by atomic mass is 10.2. The van der Waals surface area contributed by atoms with E-state index in [1.54, 1.807) is 0 Å². The molecule has 0 saturated heterocycles. The molecule has 5 heteroatoms. The van der Waals surface area contributed by atoms with Gasteiger partial charge < -0.3 is 10.0 Å². The second-order valence-electron chi connectivity index (χ2n) is 6.21. The molecule has 0 aliphatic heterocycles. The van der Waals surface area contributed by atoms with Crippen molar-refractivity contribution in [3.05, 3.63) is 52.5 Å². The number of anilines is 1. The maximum atomic E-state index is 8.79. The summed E-state index contributed by atoms with van der Waals surface area (Å²) in [5.41, 5.74) is 4.03. The molecule has 0 spiro atoms. The summed E-state index contributed by atoms with van der Waals surface area (Å²) in [4.78, 5) is 2.25. The van der Waals surface area contributed by atoms with Gasteiger partial charge in [0.25, 0.3) is 0 Å². The Labute approximate surface area is 158 Å². The van der Waals surface area contributed by atoms with Gasteiger partial charge in [-0.25, -0.2) is 0 Å². The molecular formula is C20H26BrN3O. The van der Waals surface area contributed by atoms with Crippen LogP contribution in [0.2, 0.25) is 0 Å². The summed E-state index contributed by atoms with van der Waals surface area (Å²) in [6, 6.07) is 14.1. The molecule has 0 amide bonds. The Morgan fingerprint density at radius 2 is 1.56 bits per heavy atom. The van der Waals surface area contributed by atoms with Crippen molar-refractivity contribution in [2.45, 2.75) is 32.6 Å². The second-order valence-corrected chi connectivity index (χ2v) is 7.06. The predicted molar refractivity (Wildman–Crippen MR) is 108 cm³/mol. The summed E-state index contributed by atoms with van der Waals surface area (Å²) in [6.07, 6.45) is 4.30. The highest BCUT2D eigenvalue weighted by molar-refractivity contribution is 9.10. The minimum absolute atomic E-state index is 0.297. The van der Waals surface area contributed by atoms with Crippen LogP contribution in [0.1, 0.15) is 31.2 Å². The Morgan fingerprint density at radius 3 is 2.24 bits per heavy atom. The van der Waals surface area contributed by atoms with Crippen molar-refractivity contribution >= 4 is 33.0 Å². The molecule has 2 rings (SSSR count). The first-order valence-electron chi connectivity index (χ1n) is 8.70. The number of unbranched alkanes of at least 4 members (excludes halogenated alkanes) is 3. The SMILES string of the molecule is Cc1cc(N=Nc2ccc(N(C)CCCCCCO)cc2)ccc1Br. The Bertz CT molecular complexity index is 686. The zero-order valence-electron chi connectivity index (χ0n) is 15.0. The highest BCUT2D eigenvalue weighted by Crippen LogP contribution is 2.25. The standard InChI is InChI=1S/C20H26BrN3O/c1-16-15-18(9-12-20(16)21)23-22-17-7-10-19(11-8-17)24(2)13-5-3-4-6-14-25/h7-12,15,25H,3-6,13-14H2,1-2H3. The molecule has 134 valence electrons. The first kappa shape index (κ1) is 19.6. The van der Waals surface area contributed by atoms with Gasteiger partial charge in [-0.15, -0.1) is 0 Å². The highest BCUT2D eigenvalue weighted by Gasteiger charge is 2.01. The predicted octanol–water partition coefficient (Wildman–Crippen LogP) is 6.16. The van der Waals surface area contributed by atoms with E-state index >= 15 is 0 Å². The smallest absolute Gasteiger partial charge is 0.0860 e. The van der Waals surface area contributed by atoms with E-state index in [0.717, 1.165) is 53.6 Å². The van der Waals surface area contributed by atoms with Crippen molar-refractivity contribution in [3.63, 3.8) is 0 Å². The number of nitrogens with zero attached hydrogens (tertiary/aromatic N) is 3. The van der Waals surface area contributed by atoms with Gasteiger partial charge in [0.15, 0.2) is 0 Å². The van der Waals surface area contributed by atoms with Crippen molar-refractivity contribution in [1.82, 2.24) is 0 Å².